The maximum atomic E-state index is 13.9. The molecule has 0 aliphatic rings. The van der Waals surface area contributed by atoms with E-state index in [9.17, 15) is 4.39 Å². The molecule has 2 unspecified atom stereocenters. The fourth-order valence-corrected chi connectivity index (χ4v) is 2.12. The monoisotopic (exact) mass is 272 g/mol. The normalized spacial score (nSPS) is 15.3. The van der Waals surface area contributed by atoms with E-state index in [-0.39, 0.29) is 16.6 Å². The number of rotatable bonds is 4. The van der Waals surface area contributed by atoms with Gasteiger partial charge in [0.2, 0.25) is 0 Å². The van der Waals surface area contributed by atoms with Gasteiger partial charge in [-0.15, -0.1) is 11.6 Å². The smallest absolute Gasteiger partial charge is 0.131 e. The Hall–Kier alpha value is -0.760. The van der Waals surface area contributed by atoms with Crippen molar-refractivity contribution in [1.82, 2.24) is 0 Å². The summed E-state index contributed by atoms with van der Waals surface area (Å²) in [5.41, 5.74) is 0.726. The second-order valence-electron chi connectivity index (χ2n) is 5.86. The third kappa shape index (κ3) is 3.88. The van der Waals surface area contributed by atoms with Gasteiger partial charge < -0.3 is 4.74 Å². The molecule has 2 atom stereocenters. The van der Waals surface area contributed by atoms with Crippen molar-refractivity contribution in [2.75, 3.05) is 7.11 Å². The topological polar surface area (TPSA) is 9.23 Å². The molecule has 0 aliphatic carbocycles. The lowest BCUT2D eigenvalue weighted by Crippen LogP contribution is -2.18. The summed E-state index contributed by atoms with van der Waals surface area (Å²) in [6.07, 6.45) is 0.758. The van der Waals surface area contributed by atoms with E-state index in [1.165, 1.54) is 13.2 Å². The summed E-state index contributed by atoms with van der Waals surface area (Å²) >= 11 is 6.33. The first-order chi connectivity index (χ1) is 8.25. The van der Waals surface area contributed by atoms with Crippen LogP contribution in [0.1, 0.15) is 45.1 Å². The second-order valence-corrected chi connectivity index (χ2v) is 6.38. The van der Waals surface area contributed by atoms with Gasteiger partial charge in [-0.3, -0.25) is 0 Å². The van der Waals surface area contributed by atoms with Gasteiger partial charge in [-0.1, -0.05) is 33.8 Å². The molecule has 18 heavy (non-hydrogen) atoms. The minimum atomic E-state index is -0.301. The standard InChI is InChI=1S/C15H22ClFO/c1-10(15(2,3)4)8-13(16)12-7-6-11(18-5)9-14(12)17/h6-7,9-10,13H,8H2,1-5H3. The molecule has 0 N–H and O–H groups in total. The van der Waals surface area contributed by atoms with Gasteiger partial charge in [-0.2, -0.15) is 0 Å². The Bertz CT molecular complexity index is 398. The van der Waals surface area contributed by atoms with E-state index in [0.717, 1.165) is 6.42 Å². The largest absolute Gasteiger partial charge is 0.497 e. The fourth-order valence-electron chi connectivity index (χ4n) is 1.68. The van der Waals surface area contributed by atoms with Crippen LogP contribution in [0.5, 0.6) is 5.75 Å². The van der Waals surface area contributed by atoms with Crippen molar-refractivity contribution < 1.29 is 9.13 Å². The molecule has 0 saturated carbocycles. The quantitative estimate of drug-likeness (QED) is 0.686. The molecule has 0 aromatic heterocycles. The highest BCUT2D eigenvalue weighted by molar-refractivity contribution is 6.20. The van der Waals surface area contributed by atoms with E-state index in [4.69, 9.17) is 16.3 Å². The highest BCUT2D eigenvalue weighted by Gasteiger charge is 2.24. The number of halogens is 2. The first kappa shape index (κ1) is 15.3. The van der Waals surface area contributed by atoms with Crippen LogP contribution in [0.15, 0.2) is 18.2 Å². The van der Waals surface area contributed by atoms with E-state index >= 15 is 0 Å². The molecule has 0 saturated heterocycles. The third-order valence-corrected chi connectivity index (χ3v) is 4.00. The molecule has 3 heteroatoms. The zero-order chi connectivity index (χ0) is 13.9. The van der Waals surface area contributed by atoms with Crippen LogP contribution < -0.4 is 4.74 Å². The average molecular weight is 273 g/mol. The lowest BCUT2D eigenvalue weighted by Gasteiger charge is -2.29. The number of hydrogen-bond acceptors (Lipinski definition) is 1. The van der Waals surface area contributed by atoms with Crippen molar-refractivity contribution in [2.24, 2.45) is 11.3 Å². The Morgan fingerprint density at radius 1 is 1.33 bits per heavy atom. The summed E-state index contributed by atoms with van der Waals surface area (Å²) in [6.45, 7) is 8.67. The van der Waals surface area contributed by atoms with Gasteiger partial charge in [-0.25, -0.2) is 4.39 Å². The van der Waals surface area contributed by atoms with E-state index in [0.29, 0.717) is 17.2 Å². The van der Waals surface area contributed by atoms with Crippen LogP contribution in [0, 0.1) is 17.2 Å². The predicted octanol–water partition coefficient (Wildman–Crippen LogP) is 5.19. The Balaban J connectivity index is 2.81. The van der Waals surface area contributed by atoms with Crippen LogP contribution in [-0.4, -0.2) is 7.11 Å². The highest BCUT2D eigenvalue weighted by atomic mass is 35.5. The lowest BCUT2D eigenvalue weighted by molar-refractivity contribution is 0.244. The average Bonchev–Trinajstić information content (AvgIpc) is 2.27. The maximum Gasteiger partial charge on any atom is 0.131 e. The third-order valence-electron chi connectivity index (χ3n) is 3.58. The first-order valence-corrected chi connectivity index (χ1v) is 6.67. The summed E-state index contributed by atoms with van der Waals surface area (Å²) in [7, 11) is 1.52. The molecule has 0 spiro atoms. The van der Waals surface area contributed by atoms with Crippen LogP contribution in [-0.2, 0) is 0 Å². The minimum Gasteiger partial charge on any atom is -0.497 e. The number of benzene rings is 1. The number of methoxy groups -OCH3 is 1. The Kier molecular flexibility index (Phi) is 5.03. The Morgan fingerprint density at radius 3 is 2.39 bits per heavy atom. The maximum absolute atomic E-state index is 13.9. The van der Waals surface area contributed by atoms with Crippen LogP contribution in [0.25, 0.3) is 0 Å². The molecule has 0 radical (unpaired) electrons. The number of hydrogen-bond donors (Lipinski definition) is 0. The molecular weight excluding hydrogens is 251 g/mol. The molecule has 0 fully saturated rings. The van der Waals surface area contributed by atoms with Crippen molar-refractivity contribution in [2.45, 2.75) is 39.5 Å². The van der Waals surface area contributed by atoms with Gasteiger partial charge in [0, 0.05) is 11.6 Å². The molecule has 1 aromatic carbocycles. The lowest BCUT2D eigenvalue weighted by atomic mass is 9.79. The van der Waals surface area contributed by atoms with E-state index in [2.05, 4.69) is 27.7 Å². The van der Waals surface area contributed by atoms with Crippen molar-refractivity contribution in [3.05, 3.63) is 29.6 Å². The zero-order valence-corrected chi connectivity index (χ0v) is 12.5. The summed E-state index contributed by atoms with van der Waals surface area (Å²) in [4.78, 5) is 0. The molecule has 1 rings (SSSR count). The number of ether oxygens (including phenoxy) is 1. The van der Waals surface area contributed by atoms with Gasteiger partial charge in [0.15, 0.2) is 0 Å². The van der Waals surface area contributed by atoms with Gasteiger partial charge in [0.05, 0.1) is 12.5 Å². The molecule has 0 aliphatic heterocycles. The summed E-state index contributed by atoms with van der Waals surface area (Å²) < 4.78 is 18.9. The van der Waals surface area contributed by atoms with E-state index < -0.39 is 0 Å². The molecule has 1 aromatic rings. The van der Waals surface area contributed by atoms with Crippen LogP contribution >= 0.6 is 11.6 Å². The predicted molar refractivity (Wildman–Crippen MR) is 74.8 cm³/mol. The Labute approximate surface area is 114 Å². The molecule has 0 bridgehead atoms. The van der Waals surface area contributed by atoms with Gasteiger partial charge in [-0.05, 0) is 23.8 Å². The molecule has 102 valence electrons. The van der Waals surface area contributed by atoms with Gasteiger partial charge in [0.25, 0.3) is 0 Å². The summed E-state index contributed by atoms with van der Waals surface area (Å²) in [5, 5.41) is -0.301. The van der Waals surface area contributed by atoms with Crippen molar-refractivity contribution >= 4 is 11.6 Å². The molecule has 0 heterocycles. The number of alkyl halides is 1. The molecule has 1 nitrogen and oxygen atoms in total. The second kappa shape index (κ2) is 5.92. The summed E-state index contributed by atoms with van der Waals surface area (Å²) in [5.74, 6) is 0.640. The van der Waals surface area contributed by atoms with Crippen molar-refractivity contribution in [1.29, 1.82) is 0 Å². The van der Waals surface area contributed by atoms with E-state index in [1.807, 2.05) is 0 Å². The van der Waals surface area contributed by atoms with Gasteiger partial charge in [0.1, 0.15) is 11.6 Å². The van der Waals surface area contributed by atoms with Crippen molar-refractivity contribution in [3.8, 4) is 5.75 Å². The fraction of sp³-hybridized carbons (Fsp3) is 0.600. The first-order valence-electron chi connectivity index (χ1n) is 6.23. The van der Waals surface area contributed by atoms with E-state index in [1.54, 1.807) is 12.1 Å². The minimum absolute atomic E-state index is 0.177. The van der Waals surface area contributed by atoms with Crippen LogP contribution in [0.3, 0.4) is 0 Å². The van der Waals surface area contributed by atoms with Crippen molar-refractivity contribution in [3.63, 3.8) is 0 Å². The van der Waals surface area contributed by atoms with Crippen LogP contribution in [0.4, 0.5) is 4.39 Å². The Morgan fingerprint density at radius 2 is 1.94 bits per heavy atom. The molecular formula is C15H22ClFO. The zero-order valence-electron chi connectivity index (χ0n) is 11.8. The molecule has 0 amide bonds. The van der Waals surface area contributed by atoms with Gasteiger partial charge >= 0.3 is 0 Å². The SMILES string of the molecule is COc1ccc(C(Cl)CC(C)C(C)(C)C)c(F)c1. The van der Waals surface area contributed by atoms with Crippen LogP contribution in [0.2, 0.25) is 0 Å². The highest BCUT2D eigenvalue weighted by Crippen LogP contribution is 2.37. The summed E-state index contributed by atoms with van der Waals surface area (Å²) in [6, 6.07) is 4.84.